The van der Waals surface area contributed by atoms with E-state index < -0.39 is 23.6 Å². The molecule has 0 saturated heterocycles. The molecule has 0 spiro atoms. The first-order chi connectivity index (χ1) is 7.81. The second-order valence-corrected chi connectivity index (χ2v) is 3.22. The molecule has 1 atom stereocenters. The Balaban J connectivity index is 3.27. The van der Waals surface area contributed by atoms with Gasteiger partial charge in [-0.2, -0.15) is 13.2 Å². The van der Waals surface area contributed by atoms with Crippen LogP contribution in [-0.2, 0) is 0 Å². The molecule has 17 heavy (non-hydrogen) atoms. The second-order valence-electron chi connectivity index (χ2n) is 3.22. The summed E-state index contributed by atoms with van der Waals surface area (Å²) in [4.78, 5) is 0. The fourth-order valence-electron chi connectivity index (χ4n) is 1.26. The predicted molar refractivity (Wildman–Crippen MR) is 52.2 cm³/mol. The molecular formula is C10H11F3O4. The number of phenolic OH excluding ortho intramolecular Hbond substituents is 1. The molecule has 0 unspecified atom stereocenters. The van der Waals surface area contributed by atoms with E-state index in [0.29, 0.717) is 0 Å². The van der Waals surface area contributed by atoms with E-state index in [1.165, 1.54) is 14.2 Å². The largest absolute Gasteiger partial charge is 0.502 e. The monoisotopic (exact) mass is 252 g/mol. The minimum absolute atomic E-state index is 0.206. The van der Waals surface area contributed by atoms with Crippen molar-refractivity contribution in [3.63, 3.8) is 0 Å². The minimum atomic E-state index is -4.80. The Bertz CT molecular complexity index is 378. The van der Waals surface area contributed by atoms with E-state index in [1.807, 2.05) is 0 Å². The Morgan fingerprint density at radius 1 is 1.12 bits per heavy atom. The number of alkyl halides is 3. The quantitative estimate of drug-likeness (QED) is 0.863. The van der Waals surface area contributed by atoms with Gasteiger partial charge in [0.2, 0.25) is 5.75 Å². The fourth-order valence-corrected chi connectivity index (χ4v) is 1.26. The summed E-state index contributed by atoms with van der Waals surface area (Å²) in [6, 6.07) is 1.80. The molecule has 1 rings (SSSR count). The Kier molecular flexibility index (Phi) is 3.72. The molecule has 0 amide bonds. The van der Waals surface area contributed by atoms with Gasteiger partial charge in [0.1, 0.15) is 0 Å². The van der Waals surface area contributed by atoms with Gasteiger partial charge < -0.3 is 19.7 Å². The molecule has 0 aliphatic rings. The molecule has 0 saturated carbocycles. The summed E-state index contributed by atoms with van der Waals surface area (Å²) in [5, 5.41) is 18.6. The summed E-state index contributed by atoms with van der Waals surface area (Å²) in [7, 11) is 2.36. The van der Waals surface area contributed by atoms with Gasteiger partial charge in [-0.1, -0.05) is 0 Å². The molecule has 0 fully saturated rings. The lowest BCUT2D eigenvalue weighted by molar-refractivity contribution is -0.206. The van der Waals surface area contributed by atoms with Crippen LogP contribution in [0.25, 0.3) is 0 Å². The van der Waals surface area contributed by atoms with Crippen molar-refractivity contribution in [1.29, 1.82) is 0 Å². The summed E-state index contributed by atoms with van der Waals surface area (Å²) in [6.07, 6.45) is -7.46. The second kappa shape index (κ2) is 4.70. The van der Waals surface area contributed by atoms with Crippen molar-refractivity contribution in [3.05, 3.63) is 17.7 Å². The van der Waals surface area contributed by atoms with Gasteiger partial charge in [-0.3, -0.25) is 0 Å². The van der Waals surface area contributed by atoms with Crippen molar-refractivity contribution in [2.24, 2.45) is 0 Å². The summed E-state index contributed by atoms with van der Waals surface area (Å²) >= 11 is 0. The van der Waals surface area contributed by atoms with Crippen LogP contribution >= 0.6 is 0 Å². The molecule has 0 aromatic heterocycles. The molecule has 7 heteroatoms. The molecule has 0 bridgehead atoms. The highest BCUT2D eigenvalue weighted by molar-refractivity contribution is 5.53. The normalized spacial score (nSPS) is 13.3. The first-order valence-electron chi connectivity index (χ1n) is 4.51. The number of rotatable bonds is 3. The maximum Gasteiger partial charge on any atom is 0.418 e. The fraction of sp³-hybridized carbons (Fsp3) is 0.400. The molecule has 0 aliphatic heterocycles. The van der Waals surface area contributed by atoms with Crippen molar-refractivity contribution in [2.75, 3.05) is 14.2 Å². The van der Waals surface area contributed by atoms with Gasteiger partial charge in [0.15, 0.2) is 17.6 Å². The van der Waals surface area contributed by atoms with E-state index in [0.717, 1.165) is 12.1 Å². The van der Waals surface area contributed by atoms with Crippen LogP contribution in [0.3, 0.4) is 0 Å². The Morgan fingerprint density at radius 2 is 1.53 bits per heavy atom. The maximum absolute atomic E-state index is 12.3. The Hall–Kier alpha value is -1.63. The number of aliphatic hydroxyl groups excluding tert-OH is 1. The molecule has 1 aromatic rings. The summed E-state index contributed by atoms with van der Waals surface area (Å²) in [5.41, 5.74) is -0.469. The standard InChI is InChI=1S/C10H11F3O4/c1-16-6-3-5(9(15)10(11,12)13)4-7(17-2)8(6)14/h3-4,9,14-15H,1-2H3/t9-/m1/s1. The van der Waals surface area contributed by atoms with Crippen LogP contribution in [0.1, 0.15) is 11.7 Å². The third-order valence-electron chi connectivity index (χ3n) is 2.13. The van der Waals surface area contributed by atoms with Crippen LogP contribution in [0.15, 0.2) is 12.1 Å². The highest BCUT2D eigenvalue weighted by atomic mass is 19.4. The number of methoxy groups -OCH3 is 2. The van der Waals surface area contributed by atoms with E-state index >= 15 is 0 Å². The third kappa shape index (κ3) is 2.73. The van der Waals surface area contributed by atoms with Gasteiger partial charge in [0, 0.05) is 0 Å². The lowest BCUT2D eigenvalue weighted by atomic mass is 10.1. The van der Waals surface area contributed by atoms with Gasteiger partial charge in [-0.25, -0.2) is 0 Å². The zero-order chi connectivity index (χ0) is 13.2. The number of halogens is 3. The third-order valence-corrected chi connectivity index (χ3v) is 2.13. The number of aromatic hydroxyl groups is 1. The molecule has 0 radical (unpaired) electrons. The SMILES string of the molecule is COc1cc([C@@H](O)C(F)(F)F)cc(OC)c1O. The summed E-state index contributed by atoms with van der Waals surface area (Å²) < 4.78 is 46.3. The highest BCUT2D eigenvalue weighted by Crippen LogP contribution is 2.41. The van der Waals surface area contributed by atoms with E-state index in [9.17, 15) is 18.3 Å². The van der Waals surface area contributed by atoms with Gasteiger partial charge in [-0.15, -0.1) is 0 Å². The van der Waals surface area contributed by atoms with E-state index in [-0.39, 0.29) is 11.5 Å². The average Bonchev–Trinajstić information content (AvgIpc) is 2.27. The highest BCUT2D eigenvalue weighted by Gasteiger charge is 2.40. The average molecular weight is 252 g/mol. The van der Waals surface area contributed by atoms with Gasteiger partial charge in [0.05, 0.1) is 14.2 Å². The number of benzene rings is 1. The van der Waals surface area contributed by atoms with Crippen molar-refractivity contribution in [3.8, 4) is 17.2 Å². The molecule has 2 N–H and O–H groups in total. The molecular weight excluding hydrogens is 241 g/mol. The maximum atomic E-state index is 12.3. The summed E-state index contributed by atoms with van der Waals surface area (Å²) in [5.74, 6) is -0.835. The van der Waals surface area contributed by atoms with Gasteiger partial charge in [-0.05, 0) is 17.7 Å². The number of ether oxygens (including phenoxy) is 2. The van der Waals surface area contributed by atoms with Gasteiger partial charge >= 0.3 is 6.18 Å². The van der Waals surface area contributed by atoms with Crippen molar-refractivity contribution in [2.45, 2.75) is 12.3 Å². The lowest BCUT2D eigenvalue weighted by Crippen LogP contribution is -2.20. The van der Waals surface area contributed by atoms with E-state index in [4.69, 9.17) is 5.11 Å². The van der Waals surface area contributed by atoms with Crippen LogP contribution in [0.4, 0.5) is 13.2 Å². The summed E-state index contributed by atoms with van der Waals surface area (Å²) in [6.45, 7) is 0. The zero-order valence-corrected chi connectivity index (χ0v) is 9.08. The molecule has 0 heterocycles. The molecule has 0 aliphatic carbocycles. The molecule has 96 valence electrons. The van der Waals surface area contributed by atoms with Crippen LogP contribution in [0, 0.1) is 0 Å². The number of hydrogen-bond acceptors (Lipinski definition) is 4. The number of phenols is 1. The topological polar surface area (TPSA) is 58.9 Å². The van der Waals surface area contributed by atoms with E-state index in [1.54, 1.807) is 0 Å². The lowest BCUT2D eigenvalue weighted by Gasteiger charge is -2.17. The van der Waals surface area contributed by atoms with E-state index in [2.05, 4.69) is 9.47 Å². The zero-order valence-electron chi connectivity index (χ0n) is 9.08. The number of hydrogen-bond donors (Lipinski definition) is 2. The molecule has 1 aromatic carbocycles. The van der Waals surface area contributed by atoms with Crippen molar-refractivity contribution < 1.29 is 32.9 Å². The van der Waals surface area contributed by atoms with Crippen molar-refractivity contribution in [1.82, 2.24) is 0 Å². The van der Waals surface area contributed by atoms with Crippen LogP contribution < -0.4 is 9.47 Å². The van der Waals surface area contributed by atoms with Crippen molar-refractivity contribution >= 4 is 0 Å². The van der Waals surface area contributed by atoms with Crippen LogP contribution in [-0.4, -0.2) is 30.6 Å². The Morgan fingerprint density at radius 3 is 1.82 bits per heavy atom. The smallest absolute Gasteiger partial charge is 0.418 e. The first kappa shape index (κ1) is 13.4. The predicted octanol–water partition coefficient (Wildman–Crippen LogP) is 2.01. The molecule has 4 nitrogen and oxygen atoms in total. The Labute approximate surface area is 95.2 Å². The first-order valence-corrected chi connectivity index (χ1v) is 4.51. The number of aliphatic hydroxyl groups is 1. The van der Waals surface area contributed by atoms with Gasteiger partial charge in [0.25, 0.3) is 0 Å². The van der Waals surface area contributed by atoms with Crippen LogP contribution in [0.5, 0.6) is 17.2 Å². The minimum Gasteiger partial charge on any atom is -0.502 e. The van der Waals surface area contributed by atoms with Crippen LogP contribution in [0.2, 0.25) is 0 Å².